The molecule has 1 atom stereocenters. The van der Waals surface area contributed by atoms with Crippen LogP contribution in [0, 0.1) is 6.92 Å². The van der Waals surface area contributed by atoms with Gasteiger partial charge in [0.25, 0.3) is 0 Å². The van der Waals surface area contributed by atoms with Crippen LogP contribution in [-0.2, 0) is 10.0 Å². The van der Waals surface area contributed by atoms with Gasteiger partial charge in [0.2, 0.25) is 10.0 Å². The SMILES string of the molecule is C=C(C[Si](C)(C)C)C(CO)NS(=O)(=O)c1ccc(C)cc1. The Bertz CT molecular complexity index is 588. The van der Waals surface area contributed by atoms with Gasteiger partial charge in [0, 0.05) is 8.07 Å². The first kappa shape index (κ1) is 18.1. The number of rotatable bonds is 7. The number of hydrogen-bond donors (Lipinski definition) is 2. The van der Waals surface area contributed by atoms with E-state index in [0.717, 1.165) is 17.2 Å². The van der Waals surface area contributed by atoms with Crippen LogP contribution in [-0.4, -0.2) is 34.2 Å². The van der Waals surface area contributed by atoms with Crippen molar-refractivity contribution in [1.82, 2.24) is 4.72 Å². The predicted molar refractivity (Wildman–Crippen MR) is 89.7 cm³/mol. The first-order valence-electron chi connectivity index (χ1n) is 6.93. The molecule has 118 valence electrons. The third-order valence-corrected chi connectivity index (χ3v) is 6.06. The number of sulfonamides is 1. The highest BCUT2D eigenvalue weighted by molar-refractivity contribution is 7.89. The molecule has 0 radical (unpaired) electrons. The van der Waals surface area contributed by atoms with E-state index in [1.807, 2.05) is 6.92 Å². The van der Waals surface area contributed by atoms with Crippen molar-refractivity contribution in [2.45, 2.75) is 43.5 Å². The standard InChI is InChI=1S/C15H25NO3SSi/c1-12-6-8-14(9-7-12)20(18,19)16-15(10-17)13(2)11-21(3,4)5/h6-9,15-17H,2,10-11H2,1,3-5H3. The largest absolute Gasteiger partial charge is 0.394 e. The maximum Gasteiger partial charge on any atom is 0.241 e. The Labute approximate surface area is 129 Å². The van der Waals surface area contributed by atoms with Crippen molar-refractivity contribution in [3.8, 4) is 0 Å². The van der Waals surface area contributed by atoms with Gasteiger partial charge in [-0.3, -0.25) is 0 Å². The van der Waals surface area contributed by atoms with Crippen molar-refractivity contribution in [1.29, 1.82) is 0 Å². The summed E-state index contributed by atoms with van der Waals surface area (Å²) >= 11 is 0. The van der Waals surface area contributed by atoms with Crippen molar-refractivity contribution in [3.05, 3.63) is 42.0 Å². The van der Waals surface area contributed by atoms with Crippen LogP contribution in [0.4, 0.5) is 0 Å². The summed E-state index contributed by atoms with van der Waals surface area (Å²) in [6.07, 6.45) is 0. The minimum atomic E-state index is -3.64. The van der Waals surface area contributed by atoms with Gasteiger partial charge in [0.15, 0.2) is 0 Å². The van der Waals surface area contributed by atoms with Gasteiger partial charge in [-0.15, -0.1) is 0 Å². The molecule has 4 nitrogen and oxygen atoms in total. The van der Waals surface area contributed by atoms with E-state index in [9.17, 15) is 13.5 Å². The molecule has 0 fully saturated rings. The molecule has 0 heterocycles. The van der Waals surface area contributed by atoms with Crippen molar-refractivity contribution in [3.63, 3.8) is 0 Å². The summed E-state index contributed by atoms with van der Waals surface area (Å²) in [5.41, 5.74) is 1.74. The topological polar surface area (TPSA) is 66.4 Å². The van der Waals surface area contributed by atoms with E-state index < -0.39 is 24.1 Å². The molecule has 0 spiro atoms. The van der Waals surface area contributed by atoms with Gasteiger partial charge in [-0.1, -0.05) is 49.5 Å². The molecule has 6 heteroatoms. The van der Waals surface area contributed by atoms with Crippen molar-refractivity contribution in [2.75, 3.05) is 6.61 Å². The average Bonchev–Trinajstić information content (AvgIpc) is 2.34. The number of aliphatic hydroxyl groups is 1. The molecule has 0 bridgehead atoms. The Morgan fingerprint density at radius 3 is 2.24 bits per heavy atom. The molecule has 0 amide bonds. The Balaban J connectivity index is 2.90. The lowest BCUT2D eigenvalue weighted by Crippen LogP contribution is -2.40. The molecule has 1 aromatic rings. The molecule has 1 aromatic carbocycles. The summed E-state index contributed by atoms with van der Waals surface area (Å²) in [6, 6.07) is 6.76. The number of hydrogen-bond acceptors (Lipinski definition) is 3. The lowest BCUT2D eigenvalue weighted by atomic mass is 10.2. The van der Waals surface area contributed by atoms with E-state index >= 15 is 0 Å². The van der Waals surface area contributed by atoms with Crippen LogP contribution < -0.4 is 4.72 Å². The van der Waals surface area contributed by atoms with E-state index in [1.165, 1.54) is 0 Å². The van der Waals surface area contributed by atoms with Gasteiger partial charge in [-0.25, -0.2) is 13.1 Å². The number of aryl methyl sites for hydroxylation is 1. The molecular weight excluding hydrogens is 302 g/mol. The summed E-state index contributed by atoms with van der Waals surface area (Å²) in [4.78, 5) is 0.201. The summed E-state index contributed by atoms with van der Waals surface area (Å²) in [7, 11) is -5.05. The van der Waals surface area contributed by atoms with Gasteiger partial charge in [-0.05, 0) is 25.1 Å². The van der Waals surface area contributed by atoms with E-state index in [0.29, 0.717) is 0 Å². The fourth-order valence-electron chi connectivity index (χ4n) is 2.03. The number of nitrogens with one attached hydrogen (secondary N) is 1. The molecular formula is C15H25NO3SSi. The van der Waals surface area contributed by atoms with Gasteiger partial charge in [-0.2, -0.15) is 0 Å². The van der Waals surface area contributed by atoms with E-state index in [4.69, 9.17) is 0 Å². The quantitative estimate of drug-likeness (QED) is 0.597. The molecule has 0 saturated heterocycles. The summed E-state index contributed by atoms with van der Waals surface area (Å²) in [6.45, 7) is 12.1. The Morgan fingerprint density at radius 1 is 1.29 bits per heavy atom. The van der Waals surface area contributed by atoms with E-state index in [2.05, 4.69) is 30.9 Å². The average molecular weight is 328 g/mol. The maximum atomic E-state index is 12.3. The fraction of sp³-hybridized carbons (Fsp3) is 0.467. The van der Waals surface area contributed by atoms with Gasteiger partial charge in [0.1, 0.15) is 0 Å². The molecule has 0 saturated carbocycles. The second-order valence-electron chi connectivity index (χ2n) is 6.57. The lowest BCUT2D eigenvalue weighted by molar-refractivity contribution is 0.271. The van der Waals surface area contributed by atoms with Gasteiger partial charge >= 0.3 is 0 Å². The number of benzene rings is 1. The predicted octanol–water partition coefficient (Wildman–Crippen LogP) is 2.53. The zero-order chi connectivity index (χ0) is 16.3. The minimum absolute atomic E-state index is 0.201. The minimum Gasteiger partial charge on any atom is -0.394 e. The monoisotopic (exact) mass is 327 g/mol. The second-order valence-corrected chi connectivity index (χ2v) is 13.8. The first-order valence-corrected chi connectivity index (χ1v) is 12.1. The second kappa shape index (κ2) is 6.87. The smallest absolute Gasteiger partial charge is 0.241 e. The number of aliphatic hydroxyl groups excluding tert-OH is 1. The highest BCUT2D eigenvalue weighted by atomic mass is 32.2. The molecule has 0 aliphatic rings. The van der Waals surface area contributed by atoms with Crippen LogP contribution in [0.3, 0.4) is 0 Å². The molecule has 0 aromatic heterocycles. The van der Waals surface area contributed by atoms with Crippen LogP contribution in [0.5, 0.6) is 0 Å². The Hall–Kier alpha value is -0.953. The van der Waals surface area contributed by atoms with Crippen LogP contribution in [0.15, 0.2) is 41.3 Å². The van der Waals surface area contributed by atoms with Crippen LogP contribution >= 0.6 is 0 Å². The van der Waals surface area contributed by atoms with Crippen LogP contribution in [0.25, 0.3) is 0 Å². The molecule has 0 aliphatic carbocycles. The van der Waals surface area contributed by atoms with E-state index in [-0.39, 0.29) is 11.5 Å². The normalized spacial score (nSPS) is 14.0. The zero-order valence-electron chi connectivity index (χ0n) is 13.2. The molecule has 21 heavy (non-hydrogen) atoms. The highest BCUT2D eigenvalue weighted by Gasteiger charge is 2.24. The van der Waals surface area contributed by atoms with Crippen LogP contribution in [0.2, 0.25) is 25.7 Å². The van der Waals surface area contributed by atoms with Gasteiger partial charge < -0.3 is 5.11 Å². The maximum absolute atomic E-state index is 12.3. The fourth-order valence-corrected chi connectivity index (χ4v) is 4.88. The third-order valence-electron chi connectivity index (χ3n) is 3.06. The van der Waals surface area contributed by atoms with E-state index in [1.54, 1.807) is 24.3 Å². The molecule has 1 rings (SSSR count). The zero-order valence-corrected chi connectivity index (χ0v) is 15.0. The van der Waals surface area contributed by atoms with Crippen molar-refractivity contribution < 1.29 is 13.5 Å². The summed E-state index contributed by atoms with van der Waals surface area (Å²) in [5.74, 6) is 0. The lowest BCUT2D eigenvalue weighted by Gasteiger charge is -2.24. The molecule has 1 unspecified atom stereocenters. The summed E-state index contributed by atoms with van der Waals surface area (Å²) in [5, 5.41) is 9.48. The van der Waals surface area contributed by atoms with Crippen molar-refractivity contribution >= 4 is 18.1 Å². The Kier molecular flexibility index (Phi) is 5.92. The first-order chi connectivity index (χ1) is 9.55. The third kappa shape index (κ3) is 5.74. The summed E-state index contributed by atoms with van der Waals surface area (Å²) < 4.78 is 27.2. The van der Waals surface area contributed by atoms with Crippen LogP contribution in [0.1, 0.15) is 5.56 Å². The van der Waals surface area contributed by atoms with Crippen molar-refractivity contribution in [2.24, 2.45) is 0 Å². The van der Waals surface area contributed by atoms with Gasteiger partial charge in [0.05, 0.1) is 17.5 Å². The molecule has 2 N–H and O–H groups in total. The molecule has 0 aliphatic heterocycles. The highest BCUT2D eigenvalue weighted by Crippen LogP contribution is 2.19. The Morgan fingerprint density at radius 2 is 1.81 bits per heavy atom.